The fraction of sp³-hybridized carbons (Fsp3) is 0.552. The molecule has 0 radical (unpaired) electrons. The van der Waals surface area contributed by atoms with Gasteiger partial charge in [-0.3, -0.25) is 4.79 Å². The van der Waals surface area contributed by atoms with Crippen LogP contribution in [0.1, 0.15) is 62.5 Å². The van der Waals surface area contributed by atoms with Crippen molar-refractivity contribution in [2.75, 3.05) is 39.3 Å². The second-order valence-corrected chi connectivity index (χ2v) is 9.62. The maximum atomic E-state index is 13.2. The first kappa shape index (κ1) is 26.4. The first-order valence-corrected chi connectivity index (χ1v) is 13.1. The lowest BCUT2D eigenvalue weighted by atomic mass is 9.62. The summed E-state index contributed by atoms with van der Waals surface area (Å²) in [7, 11) is 0. The largest absolute Gasteiger partial charge is 0.395 e. The molecule has 5 nitrogen and oxygen atoms in total. The molecule has 0 aliphatic carbocycles. The minimum atomic E-state index is -0.777. The van der Waals surface area contributed by atoms with Crippen molar-refractivity contribution in [3.05, 3.63) is 71.8 Å². The number of hydrogen-bond acceptors (Lipinski definition) is 4. The zero-order chi connectivity index (χ0) is 24.1. The highest BCUT2D eigenvalue weighted by molar-refractivity contribution is 5.91. The number of rotatable bonds is 15. The van der Waals surface area contributed by atoms with Gasteiger partial charge in [-0.05, 0) is 68.9 Å². The Hall–Kier alpha value is -2.21. The lowest BCUT2D eigenvalue weighted by Crippen LogP contribution is -2.51. The standard InChI is InChI=1S/C29H43N3O2/c30-28(34)29(25-13-7-5-8-14-25,26-15-9-6-10-16-26)27-17-22-32(23-18-27)21-12-4-2-1-3-11-19-31-20-24-33/h5-10,13-16,27,31,33H,1-4,11-12,17-24H2,(H2,30,34). The predicted molar refractivity (Wildman–Crippen MR) is 140 cm³/mol. The molecule has 1 aliphatic heterocycles. The van der Waals surface area contributed by atoms with E-state index < -0.39 is 5.41 Å². The Morgan fingerprint density at radius 3 is 1.91 bits per heavy atom. The van der Waals surface area contributed by atoms with Crippen LogP contribution in [0.5, 0.6) is 0 Å². The van der Waals surface area contributed by atoms with E-state index in [1.54, 1.807) is 0 Å². The van der Waals surface area contributed by atoms with Crippen LogP contribution in [0.25, 0.3) is 0 Å². The Bertz CT molecular complexity index is 780. The monoisotopic (exact) mass is 465 g/mol. The van der Waals surface area contributed by atoms with Gasteiger partial charge < -0.3 is 21.1 Å². The number of nitrogens with one attached hydrogen (secondary N) is 1. The van der Waals surface area contributed by atoms with Gasteiger partial charge in [0, 0.05) is 6.54 Å². The molecule has 1 saturated heterocycles. The van der Waals surface area contributed by atoms with Gasteiger partial charge in [0.15, 0.2) is 0 Å². The van der Waals surface area contributed by atoms with Crippen LogP contribution in [0.3, 0.4) is 0 Å². The van der Waals surface area contributed by atoms with E-state index in [4.69, 9.17) is 10.8 Å². The third kappa shape index (κ3) is 6.91. The van der Waals surface area contributed by atoms with Crippen LogP contribution in [-0.4, -0.2) is 55.2 Å². The quantitative estimate of drug-likeness (QED) is 0.346. The lowest BCUT2D eigenvalue weighted by molar-refractivity contribution is -0.124. The average Bonchev–Trinajstić information content (AvgIpc) is 2.87. The molecule has 0 aromatic heterocycles. The van der Waals surface area contributed by atoms with Crippen molar-refractivity contribution in [2.45, 2.75) is 56.8 Å². The molecule has 3 rings (SSSR count). The molecule has 4 N–H and O–H groups in total. The molecule has 186 valence electrons. The van der Waals surface area contributed by atoms with Crippen LogP contribution in [0.4, 0.5) is 0 Å². The fourth-order valence-electron chi connectivity index (χ4n) is 5.61. The predicted octanol–water partition coefficient (Wildman–Crippen LogP) is 4.09. The number of benzene rings is 2. The highest BCUT2D eigenvalue weighted by Crippen LogP contribution is 2.44. The Labute approximate surface area is 205 Å². The topological polar surface area (TPSA) is 78.6 Å². The van der Waals surface area contributed by atoms with Gasteiger partial charge in [0.2, 0.25) is 5.91 Å². The van der Waals surface area contributed by atoms with Gasteiger partial charge in [-0.2, -0.15) is 0 Å². The summed E-state index contributed by atoms with van der Waals surface area (Å²) in [6.07, 6.45) is 9.52. The minimum absolute atomic E-state index is 0.200. The Morgan fingerprint density at radius 2 is 1.38 bits per heavy atom. The highest BCUT2D eigenvalue weighted by atomic mass is 16.3. The van der Waals surface area contributed by atoms with Crippen LogP contribution >= 0.6 is 0 Å². The van der Waals surface area contributed by atoms with Gasteiger partial charge in [-0.1, -0.05) is 86.3 Å². The zero-order valence-corrected chi connectivity index (χ0v) is 20.6. The van der Waals surface area contributed by atoms with Crippen molar-refractivity contribution < 1.29 is 9.90 Å². The third-order valence-electron chi connectivity index (χ3n) is 7.41. The summed E-state index contributed by atoms with van der Waals surface area (Å²) < 4.78 is 0. The third-order valence-corrected chi connectivity index (χ3v) is 7.41. The molecular weight excluding hydrogens is 422 g/mol. The van der Waals surface area contributed by atoms with Crippen molar-refractivity contribution in [1.29, 1.82) is 0 Å². The summed E-state index contributed by atoms with van der Waals surface area (Å²) in [5.41, 5.74) is 7.45. The molecule has 0 bridgehead atoms. The number of aliphatic hydroxyl groups excluding tert-OH is 1. The fourth-order valence-corrected chi connectivity index (χ4v) is 5.61. The van der Waals surface area contributed by atoms with Gasteiger partial charge in [0.05, 0.1) is 6.61 Å². The lowest BCUT2D eigenvalue weighted by Gasteiger charge is -2.43. The molecule has 0 spiro atoms. The maximum absolute atomic E-state index is 13.2. The number of hydrogen-bond donors (Lipinski definition) is 3. The first-order valence-electron chi connectivity index (χ1n) is 13.1. The van der Waals surface area contributed by atoms with Crippen LogP contribution in [0, 0.1) is 5.92 Å². The number of piperidine rings is 1. The normalized spacial score (nSPS) is 15.4. The molecule has 1 aliphatic rings. The number of nitrogens with zero attached hydrogens (tertiary/aromatic N) is 1. The number of nitrogens with two attached hydrogens (primary N) is 1. The summed E-state index contributed by atoms with van der Waals surface area (Å²) in [6, 6.07) is 20.3. The molecule has 2 aromatic rings. The maximum Gasteiger partial charge on any atom is 0.232 e. The van der Waals surface area contributed by atoms with Crippen molar-refractivity contribution in [3.63, 3.8) is 0 Å². The minimum Gasteiger partial charge on any atom is -0.395 e. The Balaban J connectivity index is 1.50. The average molecular weight is 466 g/mol. The molecule has 1 fully saturated rings. The van der Waals surface area contributed by atoms with Crippen molar-refractivity contribution in [1.82, 2.24) is 10.2 Å². The van der Waals surface area contributed by atoms with Crippen LogP contribution in [-0.2, 0) is 10.2 Å². The van der Waals surface area contributed by atoms with Crippen LogP contribution in [0.15, 0.2) is 60.7 Å². The smallest absolute Gasteiger partial charge is 0.232 e. The van der Waals surface area contributed by atoms with Gasteiger partial charge in [0.1, 0.15) is 5.41 Å². The number of aliphatic hydroxyl groups is 1. The van der Waals surface area contributed by atoms with E-state index in [1.165, 1.54) is 38.5 Å². The summed E-state index contributed by atoms with van der Waals surface area (Å²) >= 11 is 0. The van der Waals surface area contributed by atoms with Gasteiger partial charge in [-0.15, -0.1) is 0 Å². The van der Waals surface area contributed by atoms with Crippen molar-refractivity contribution in [2.24, 2.45) is 11.7 Å². The van der Waals surface area contributed by atoms with E-state index in [2.05, 4.69) is 34.5 Å². The molecule has 1 amide bonds. The van der Waals surface area contributed by atoms with Gasteiger partial charge in [0.25, 0.3) is 0 Å². The molecule has 2 aromatic carbocycles. The number of unbranched alkanes of at least 4 members (excludes halogenated alkanes) is 5. The second kappa shape index (κ2) is 14.2. The number of carbonyl (C=O) groups is 1. The first-order chi connectivity index (χ1) is 16.7. The van der Waals surface area contributed by atoms with Crippen LogP contribution < -0.4 is 11.1 Å². The van der Waals surface area contributed by atoms with E-state index in [9.17, 15) is 4.79 Å². The van der Waals surface area contributed by atoms with Crippen molar-refractivity contribution in [3.8, 4) is 0 Å². The van der Waals surface area contributed by atoms with E-state index in [1.807, 2.05) is 36.4 Å². The Kier molecular flexibility index (Phi) is 11.1. The molecule has 1 heterocycles. The summed E-state index contributed by atoms with van der Waals surface area (Å²) in [5, 5.41) is 12.0. The number of amides is 1. The zero-order valence-electron chi connectivity index (χ0n) is 20.6. The van der Waals surface area contributed by atoms with Crippen LogP contribution in [0.2, 0.25) is 0 Å². The summed E-state index contributed by atoms with van der Waals surface area (Å²) in [4.78, 5) is 15.7. The van der Waals surface area contributed by atoms with Crippen molar-refractivity contribution >= 4 is 5.91 Å². The number of primary amides is 1. The van der Waals surface area contributed by atoms with E-state index in [-0.39, 0.29) is 18.4 Å². The van der Waals surface area contributed by atoms with E-state index >= 15 is 0 Å². The molecule has 34 heavy (non-hydrogen) atoms. The molecular formula is C29H43N3O2. The summed E-state index contributed by atoms with van der Waals surface area (Å²) in [6.45, 7) is 5.12. The highest BCUT2D eigenvalue weighted by Gasteiger charge is 2.47. The number of carbonyl (C=O) groups excluding carboxylic acids is 1. The van der Waals surface area contributed by atoms with E-state index in [0.29, 0.717) is 6.54 Å². The van der Waals surface area contributed by atoms with Gasteiger partial charge >= 0.3 is 0 Å². The Morgan fingerprint density at radius 1 is 0.853 bits per heavy atom. The van der Waals surface area contributed by atoms with Gasteiger partial charge in [-0.25, -0.2) is 0 Å². The second-order valence-electron chi connectivity index (χ2n) is 9.62. The van der Waals surface area contributed by atoms with E-state index in [0.717, 1.165) is 50.1 Å². The molecule has 0 saturated carbocycles. The molecule has 0 unspecified atom stereocenters. The molecule has 5 heteroatoms. The SMILES string of the molecule is NC(=O)C(c1ccccc1)(c1ccccc1)C1CCN(CCCCCCCCNCCO)CC1. The molecule has 0 atom stereocenters. The summed E-state index contributed by atoms with van der Waals surface area (Å²) in [5.74, 6) is -0.0413. The number of likely N-dealkylation sites (tertiary alicyclic amines) is 1.